The first-order valence-electron chi connectivity index (χ1n) is 8.53. The number of aromatic nitrogens is 2. The summed E-state index contributed by atoms with van der Waals surface area (Å²) in [5.74, 6) is 0.00960. The quantitative estimate of drug-likeness (QED) is 0.636. The second-order valence-electron chi connectivity index (χ2n) is 6.18. The molecule has 2 aromatic heterocycles. The van der Waals surface area contributed by atoms with E-state index in [1.807, 2.05) is 71.3 Å². The average Bonchev–Trinajstić information content (AvgIpc) is 3.27. The van der Waals surface area contributed by atoms with Crippen LogP contribution in [0.4, 0.5) is 0 Å². The van der Waals surface area contributed by atoms with Crippen molar-refractivity contribution >= 4 is 17.2 Å². The van der Waals surface area contributed by atoms with Gasteiger partial charge in [0.25, 0.3) is 5.91 Å². The zero-order valence-corrected chi connectivity index (χ0v) is 16.1. The van der Waals surface area contributed by atoms with Crippen molar-refractivity contribution in [1.82, 2.24) is 14.7 Å². The third kappa shape index (κ3) is 4.20. The van der Waals surface area contributed by atoms with E-state index in [0.717, 1.165) is 22.0 Å². The molecule has 3 rings (SSSR count). The normalized spacial score (nSPS) is 10.9. The van der Waals surface area contributed by atoms with Crippen LogP contribution < -0.4 is 0 Å². The Morgan fingerprint density at radius 1 is 1.23 bits per heavy atom. The third-order valence-corrected chi connectivity index (χ3v) is 5.01. The first-order valence-corrected chi connectivity index (χ1v) is 9.41. The van der Waals surface area contributed by atoms with Crippen molar-refractivity contribution in [2.75, 3.05) is 20.3 Å². The van der Waals surface area contributed by atoms with Crippen molar-refractivity contribution in [2.45, 2.75) is 20.4 Å². The van der Waals surface area contributed by atoms with Crippen molar-refractivity contribution < 1.29 is 9.53 Å². The minimum atomic E-state index is 0.00960. The van der Waals surface area contributed by atoms with Crippen molar-refractivity contribution in [3.05, 3.63) is 69.7 Å². The van der Waals surface area contributed by atoms with Gasteiger partial charge in [-0.1, -0.05) is 6.07 Å². The van der Waals surface area contributed by atoms with Gasteiger partial charge in [0.05, 0.1) is 24.5 Å². The molecule has 2 heterocycles. The predicted molar refractivity (Wildman–Crippen MR) is 104 cm³/mol. The fraction of sp³-hybridized carbons (Fsp3) is 0.300. The molecule has 0 aliphatic rings. The van der Waals surface area contributed by atoms with E-state index in [0.29, 0.717) is 25.3 Å². The maximum Gasteiger partial charge on any atom is 0.254 e. The number of nitrogens with zero attached hydrogens (tertiary/aromatic N) is 3. The van der Waals surface area contributed by atoms with Gasteiger partial charge in [0.15, 0.2) is 0 Å². The molecule has 0 N–H and O–H groups in total. The van der Waals surface area contributed by atoms with Gasteiger partial charge < -0.3 is 9.64 Å². The van der Waals surface area contributed by atoms with Gasteiger partial charge in [-0.05, 0) is 55.6 Å². The zero-order valence-electron chi connectivity index (χ0n) is 15.3. The summed E-state index contributed by atoms with van der Waals surface area (Å²) >= 11 is 1.65. The summed E-state index contributed by atoms with van der Waals surface area (Å²) in [6.45, 7) is 5.67. The number of amides is 1. The van der Waals surface area contributed by atoms with Gasteiger partial charge >= 0.3 is 0 Å². The molecular weight excluding hydrogens is 346 g/mol. The highest BCUT2D eigenvalue weighted by Gasteiger charge is 2.17. The molecule has 5 nitrogen and oxygen atoms in total. The van der Waals surface area contributed by atoms with Crippen LogP contribution in [-0.2, 0) is 11.3 Å². The largest absolute Gasteiger partial charge is 0.383 e. The summed E-state index contributed by atoms with van der Waals surface area (Å²) in [7, 11) is 1.65. The number of hydrogen-bond donors (Lipinski definition) is 0. The lowest BCUT2D eigenvalue weighted by Crippen LogP contribution is -2.33. The number of carbonyl (C=O) groups excluding carboxylic acids is 1. The van der Waals surface area contributed by atoms with Crippen LogP contribution in [-0.4, -0.2) is 40.8 Å². The maximum atomic E-state index is 12.9. The Kier molecular flexibility index (Phi) is 5.85. The minimum absolute atomic E-state index is 0.00960. The number of carbonyl (C=O) groups is 1. The highest BCUT2D eigenvalue weighted by molar-refractivity contribution is 7.09. The van der Waals surface area contributed by atoms with Crippen LogP contribution in [0.2, 0.25) is 0 Å². The number of rotatable bonds is 7. The summed E-state index contributed by atoms with van der Waals surface area (Å²) in [6.07, 6.45) is 0. The molecule has 1 aromatic carbocycles. The number of thiophene rings is 1. The molecule has 0 saturated heterocycles. The fourth-order valence-electron chi connectivity index (χ4n) is 2.86. The predicted octanol–water partition coefficient (Wildman–Crippen LogP) is 3.84. The molecule has 3 aromatic rings. The van der Waals surface area contributed by atoms with Gasteiger partial charge in [-0.25, -0.2) is 4.68 Å². The molecule has 0 radical (unpaired) electrons. The van der Waals surface area contributed by atoms with Crippen LogP contribution in [0.25, 0.3) is 5.69 Å². The van der Waals surface area contributed by atoms with E-state index < -0.39 is 0 Å². The van der Waals surface area contributed by atoms with Crippen LogP contribution in [0.5, 0.6) is 0 Å². The lowest BCUT2D eigenvalue weighted by Gasteiger charge is -2.22. The minimum Gasteiger partial charge on any atom is -0.383 e. The topological polar surface area (TPSA) is 47.4 Å². The lowest BCUT2D eigenvalue weighted by atomic mass is 10.1. The fourth-order valence-corrected chi connectivity index (χ4v) is 3.58. The molecule has 0 fully saturated rings. The van der Waals surface area contributed by atoms with E-state index in [9.17, 15) is 4.79 Å². The molecule has 0 unspecified atom stereocenters. The second kappa shape index (κ2) is 8.29. The summed E-state index contributed by atoms with van der Waals surface area (Å²) in [6, 6.07) is 13.7. The summed E-state index contributed by atoms with van der Waals surface area (Å²) in [4.78, 5) is 15.9. The Bertz CT molecular complexity index is 854. The molecule has 0 aliphatic heterocycles. The Hall–Kier alpha value is -2.44. The van der Waals surface area contributed by atoms with Gasteiger partial charge in [-0.3, -0.25) is 4.79 Å². The number of hydrogen-bond acceptors (Lipinski definition) is 4. The average molecular weight is 369 g/mol. The zero-order chi connectivity index (χ0) is 18.5. The van der Waals surface area contributed by atoms with E-state index in [2.05, 4.69) is 5.10 Å². The Morgan fingerprint density at radius 3 is 2.58 bits per heavy atom. The van der Waals surface area contributed by atoms with Crippen LogP contribution in [0.15, 0.2) is 47.8 Å². The van der Waals surface area contributed by atoms with Crippen molar-refractivity contribution in [3.63, 3.8) is 0 Å². The molecule has 0 saturated carbocycles. The smallest absolute Gasteiger partial charge is 0.254 e. The van der Waals surface area contributed by atoms with E-state index in [4.69, 9.17) is 4.74 Å². The van der Waals surface area contributed by atoms with Crippen LogP contribution in [0.3, 0.4) is 0 Å². The van der Waals surface area contributed by atoms with Gasteiger partial charge in [0, 0.05) is 29.8 Å². The third-order valence-electron chi connectivity index (χ3n) is 4.15. The molecule has 0 spiro atoms. The molecule has 0 aliphatic carbocycles. The maximum absolute atomic E-state index is 12.9. The molecule has 6 heteroatoms. The molecule has 0 bridgehead atoms. The standard InChI is InChI=1S/C20H23N3O2S/c1-15-13-16(2)23(21-15)18-8-6-17(7-9-18)20(24)22(10-11-25-3)14-19-5-4-12-26-19/h4-9,12-13H,10-11,14H2,1-3H3. The second-order valence-corrected chi connectivity index (χ2v) is 7.22. The number of methoxy groups -OCH3 is 1. The van der Waals surface area contributed by atoms with E-state index >= 15 is 0 Å². The monoisotopic (exact) mass is 369 g/mol. The molecule has 136 valence electrons. The first kappa shape index (κ1) is 18.4. The summed E-state index contributed by atoms with van der Waals surface area (Å²) < 4.78 is 7.05. The summed E-state index contributed by atoms with van der Waals surface area (Å²) in [5.41, 5.74) is 3.67. The van der Waals surface area contributed by atoms with Crippen molar-refractivity contribution in [3.8, 4) is 5.69 Å². The number of ether oxygens (including phenoxy) is 1. The van der Waals surface area contributed by atoms with Crippen LogP contribution >= 0.6 is 11.3 Å². The molecule has 26 heavy (non-hydrogen) atoms. The molecule has 0 atom stereocenters. The number of benzene rings is 1. The Labute approximate surface area is 157 Å². The van der Waals surface area contributed by atoms with Crippen LogP contribution in [0, 0.1) is 13.8 Å². The van der Waals surface area contributed by atoms with Gasteiger partial charge in [-0.2, -0.15) is 5.10 Å². The lowest BCUT2D eigenvalue weighted by molar-refractivity contribution is 0.0682. The Morgan fingerprint density at radius 2 is 2.00 bits per heavy atom. The van der Waals surface area contributed by atoms with Crippen molar-refractivity contribution in [2.24, 2.45) is 0 Å². The molecule has 1 amide bonds. The highest BCUT2D eigenvalue weighted by atomic mass is 32.1. The SMILES string of the molecule is COCCN(Cc1cccs1)C(=O)c1ccc(-n2nc(C)cc2C)cc1. The van der Waals surface area contributed by atoms with Crippen molar-refractivity contribution in [1.29, 1.82) is 0 Å². The summed E-state index contributed by atoms with van der Waals surface area (Å²) in [5, 5.41) is 6.51. The van der Waals surface area contributed by atoms with Gasteiger partial charge in [-0.15, -0.1) is 11.3 Å². The number of aryl methyl sites for hydroxylation is 2. The van der Waals surface area contributed by atoms with Gasteiger partial charge in [0.2, 0.25) is 0 Å². The van der Waals surface area contributed by atoms with Crippen LogP contribution in [0.1, 0.15) is 26.6 Å². The first-order chi connectivity index (χ1) is 12.6. The molecular formula is C20H23N3O2S. The van der Waals surface area contributed by atoms with E-state index in [1.165, 1.54) is 0 Å². The Balaban J connectivity index is 1.79. The van der Waals surface area contributed by atoms with Gasteiger partial charge in [0.1, 0.15) is 0 Å². The van der Waals surface area contributed by atoms with E-state index in [1.54, 1.807) is 18.4 Å². The highest BCUT2D eigenvalue weighted by Crippen LogP contribution is 2.17. The van der Waals surface area contributed by atoms with E-state index in [-0.39, 0.29) is 5.91 Å².